The highest BCUT2D eigenvalue weighted by molar-refractivity contribution is 8.00. The maximum Gasteiger partial charge on any atom is 0.232 e. The fraction of sp³-hybridized carbons (Fsp3) is 0.824. The van der Waals surface area contributed by atoms with Gasteiger partial charge in [0.1, 0.15) is 0 Å². The number of aromatic nitrogens is 2. The molecule has 23 heavy (non-hydrogen) atoms. The van der Waals surface area contributed by atoms with Crippen LogP contribution in [-0.2, 0) is 4.79 Å². The number of hydrogen-bond donors (Lipinski definition) is 0. The normalized spacial score (nSPS) is 23.6. The molecule has 1 amide bonds. The summed E-state index contributed by atoms with van der Waals surface area (Å²) in [6.07, 6.45) is 9.54. The highest BCUT2D eigenvalue weighted by atomic mass is 32.2. The van der Waals surface area contributed by atoms with Crippen molar-refractivity contribution < 1.29 is 9.21 Å². The largest absolute Gasteiger partial charge is 0.425 e. The van der Waals surface area contributed by atoms with Crippen molar-refractivity contribution in [3.05, 3.63) is 11.8 Å². The molecule has 0 radical (unpaired) electrons. The molecule has 1 aliphatic heterocycles. The van der Waals surface area contributed by atoms with Gasteiger partial charge in [0.05, 0.1) is 5.75 Å². The van der Waals surface area contributed by atoms with Gasteiger partial charge in [-0.25, -0.2) is 0 Å². The third-order valence-electron chi connectivity index (χ3n) is 5.32. The standard InChI is InChI=1S/C17H25N3O2S/c21-15(11-23-14-3-1-2-4-14)20-9-7-13(8-10-20)17-19-18-16(22-17)12-5-6-12/h12-14H,1-11H2. The summed E-state index contributed by atoms with van der Waals surface area (Å²) in [5, 5.41) is 9.13. The molecule has 0 bridgehead atoms. The van der Waals surface area contributed by atoms with Gasteiger partial charge in [0.25, 0.3) is 0 Å². The van der Waals surface area contributed by atoms with E-state index in [0.29, 0.717) is 23.5 Å². The Morgan fingerprint density at radius 1 is 1.00 bits per heavy atom. The van der Waals surface area contributed by atoms with Gasteiger partial charge in [0.15, 0.2) is 0 Å². The maximum atomic E-state index is 12.4. The van der Waals surface area contributed by atoms with Crippen LogP contribution in [-0.4, -0.2) is 45.1 Å². The molecule has 126 valence electrons. The lowest BCUT2D eigenvalue weighted by Crippen LogP contribution is -2.39. The lowest BCUT2D eigenvalue weighted by molar-refractivity contribution is -0.129. The summed E-state index contributed by atoms with van der Waals surface area (Å²) in [6.45, 7) is 1.66. The van der Waals surface area contributed by atoms with Gasteiger partial charge in [-0.3, -0.25) is 4.79 Å². The van der Waals surface area contributed by atoms with E-state index in [9.17, 15) is 4.79 Å². The first-order chi connectivity index (χ1) is 11.3. The number of thioether (sulfide) groups is 1. The number of piperidine rings is 1. The van der Waals surface area contributed by atoms with Crippen LogP contribution in [0, 0.1) is 0 Å². The minimum Gasteiger partial charge on any atom is -0.425 e. The molecule has 3 fully saturated rings. The van der Waals surface area contributed by atoms with Gasteiger partial charge in [0, 0.05) is 30.2 Å². The quantitative estimate of drug-likeness (QED) is 0.826. The second-order valence-electron chi connectivity index (χ2n) is 7.13. The number of likely N-dealkylation sites (tertiary alicyclic amines) is 1. The molecule has 1 aromatic rings. The summed E-state index contributed by atoms with van der Waals surface area (Å²) in [5.74, 6) is 3.43. The summed E-state index contributed by atoms with van der Waals surface area (Å²) in [7, 11) is 0. The molecule has 2 heterocycles. The van der Waals surface area contributed by atoms with Crippen molar-refractivity contribution in [2.75, 3.05) is 18.8 Å². The van der Waals surface area contributed by atoms with Gasteiger partial charge in [0.2, 0.25) is 17.7 Å². The zero-order chi connectivity index (χ0) is 15.6. The van der Waals surface area contributed by atoms with E-state index >= 15 is 0 Å². The first-order valence-electron chi connectivity index (χ1n) is 9.02. The van der Waals surface area contributed by atoms with Crippen LogP contribution in [0.15, 0.2) is 4.42 Å². The first-order valence-corrected chi connectivity index (χ1v) is 10.1. The Bertz CT molecular complexity index is 544. The minimum absolute atomic E-state index is 0.310. The Kier molecular flexibility index (Phi) is 4.60. The maximum absolute atomic E-state index is 12.4. The zero-order valence-electron chi connectivity index (χ0n) is 13.6. The second kappa shape index (κ2) is 6.83. The van der Waals surface area contributed by atoms with Crippen LogP contribution in [0.2, 0.25) is 0 Å². The van der Waals surface area contributed by atoms with Crippen LogP contribution in [0.4, 0.5) is 0 Å². The lowest BCUT2D eigenvalue weighted by Gasteiger charge is -2.30. The molecule has 0 N–H and O–H groups in total. The van der Waals surface area contributed by atoms with E-state index in [4.69, 9.17) is 4.42 Å². The average Bonchev–Trinajstić information content (AvgIpc) is 3.11. The number of rotatable bonds is 5. The Morgan fingerprint density at radius 3 is 2.22 bits per heavy atom. The minimum atomic E-state index is 0.310. The number of carbonyl (C=O) groups is 1. The fourth-order valence-corrected chi connectivity index (χ4v) is 4.85. The second-order valence-corrected chi connectivity index (χ2v) is 8.41. The Hall–Kier alpha value is -1.04. The molecule has 5 nitrogen and oxygen atoms in total. The van der Waals surface area contributed by atoms with Crippen LogP contribution >= 0.6 is 11.8 Å². The summed E-state index contributed by atoms with van der Waals surface area (Å²) >= 11 is 1.86. The molecule has 2 saturated carbocycles. The predicted molar refractivity (Wildman–Crippen MR) is 89.5 cm³/mol. The van der Waals surface area contributed by atoms with Crippen LogP contribution in [0.3, 0.4) is 0 Å². The topological polar surface area (TPSA) is 59.2 Å². The van der Waals surface area contributed by atoms with Crippen molar-refractivity contribution in [1.29, 1.82) is 0 Å². The van der Waals surface area contributed by atoms with Crippen molar-refractivity contribution in [3.8, 4) is 0 Å². The first kappa shape index (κ1) is 15.5. The van der Waals surface area contributed by atoms with E-state index in [1.54, 1.807) is 0 Å². The van der Waals surface area contributed by atoms with E-state index in [1.165, 1.54) is 38.5 Å². The zero-order valence-corrected chi connectivity index (χ0v) is 14.4. The van der Waals surface area contributed by atoms with Gasteiger partial charge in [-0.05, 0) is 38.5 Å². The van der Waals surface area contributed by atoms with Crippen molar-refractivity contribution in [2.45, 2.75) is 68.5 Å². The van der Waals surface area contributed by atoms with E-state index < -0.39 is 0 Å². The SMILES string of the molecule is O=C(CSC1CCCC1)N1CCC(c2nnc(C3CC3)o2)CC1. The highest BCUT2D eigenvalue weighted by Crippen LogP contribution is 2.40. The molecule has 2 aliphatic carbocycles. The molecule has 4 rings (SSSR count). The number of nitrogens with zero attached hydrogens (tertiary/aromatic N) is 3. The Morgan fingerprint density at radius 2 is 1.61 bits per heavy atom. The molecule has 3 aliphatic rings. The Balaban J connectivity index is 1.23. The Labute approximate surface area is 141 Å². The summed E-state index contributed by atoms with van der Waals surface area (Å²) in [5.41, 5.74) is 0. The van der Waals surface area contributed by atoms with Crippen LogP contribution < -0.4 is 0 Å². The van der Waals surface area contributed by atoms with Crippen molar-refractivity contribution in [2.24, 2.45) is 0 Å². The van der Waals surface area contributed by atoms with Gasteiger partial charge in [-0.2, -0.15) is 0 Å². The number of amides is 1. The predicted octanol–water partition coefficient (Wildman–Crippen LogP) is 3.33. The third kappa shape index (κ3) is 3.73. The number of hydrogen-bond acceptors (Lipinski definition) is 5. The molecule has 1 aromatic heterocycles. The van der Waals surface area contributed by atoms with Gasteiger partial charge in [-0.15, -0.1) is 22.0 Å². The van der Waals surface area contributed by atoms with Crippen LogP contribution in [0.25, 0.3) is 0 Å². The summed E-state index contributed by atoms with van der Waals surface area (Å²) in [6, 6.07) is 0. The molecule has 1 saturated heterocycles. The van der Waals surface area contributed by atoms with E-state index in [-0.39, 0.29) is 0 Å². The van der Waals surface area contributed by atoms with Crippen LogP contribution in [0.1, 0.15) is 75.0 Å². The lowest BCUT2D eigenvalue weighted by atomic mass is 9.97. The van der Waals surface area contributed by atoms with Crippen molar-refractivity contribution >= 4 is 17.7 Å². The summed E-state index contributed by atoms with van der Waals surface area (Å²) < 4.78 is 5.83. The summed E-state index contributed by atoms with van der Waals surface area (Å²) in [4.78, 5) is 14.4. The monoisotopic (exact) mass is 335 g/mol. The van der Waals surface area contributed by atoms with Crippen molar-refractivity contribution in [3.63, 3.8) is 0 Å². The molecule has 0 atom stereocenters. The van der Waals surface area contributed by atoms with E-state index in [2.05, 4.69) is 10.2 Å². The van der Waals surface area contributed by atoms with Gasteiger partial charge >= 0.3 is 0 Å². The van der Waals surface area contributed by atoms with Gasteiger partial charge in [-0.1, -0.05) is 12.8 Å². The molecular weight excluding hydrogens is 310 g/mol. The van der Waals surface area contributed by atoms with Gasteiger partial charge < -0.3 is 9.32 Å². The fourth-order valence-electron chi connectivity index (χ4n) is 3.62. The highest BCUT2D eigenvalue weighted by Gasteiger charge is 2.32. The third-order valence-corrected chi connectivity index (χ3v) is 6.68. The molecule has 0 spiro atoms. The smallest absolute Gasteiger partial charge is 0.232 e. The molecule has 6 heteroatoms. The molecule has 0 unspecified atom stereocenters. The van der Waals surface area contributed by atoms with Crippen molar-refractivity contribution in [1.82, 2.24) is 15.1 Å². The molecular formula is C17H25N3O2S. The average molecular weight is 335 g/mol. The van der Waals surface area contributed by atoms with E-state index in [1.807, 2.05) is 16.7 Å². The number of carbonyl (C=O) groups excluding carboxylic acids is 1. The van der Waals surface area contributed by atoms with E-state index in [0.717, 1.165) is 43.0 Å². The molecule has 0 aromatic carbocycles. The van der Waals surface area contributed by atoms with Crippen LogP contribution in [0.5, 0.6) is 0 Å².